The monoisotopic (exact) mass is 362 g/mol. The van der Waals surface area contributed by atoms with Gasteiger partial charge in [0.1, 0.15) is 5.75 Å². The van der Waals surface area contributed by atoms with Crippen LogP contribution in [0.1, 0.15) is 0 Å². The van der Waals surface area contributed by atoms with Gasteiger partial charge in [-0.2, -0.15) is 0 Å². The summed E-state index contributed by atoms with van der Waals surface area (Å²) in [4.78, 5) is 14.1. The number of ether oxygens (including phenoxy) is 1. The van der Waals surface area contributed by atoms with E-state index in [2.05, 4.69) is 11.1 Å². The lowest BCUT2D eigenvalue weighted by molar-refractivity contribution is 0.415. The number of hydrogen-bond acceptors (Lipinski definition) is 4. The molecule has 0 amide bonds. The summed E-state index contributed by atoms with van der Waals surface area (Å²) in [6.07, 6.45) is 1.81. The average Bonchev–Trinajstić information content (AvgIpc) is 2.78. The van der Waals surface area contributed by atoms with E-state index in [9.17, 15) is 0 Å². The zero-order chi connectivity index (χ0) is 18.9. The van der Waals surface area contributed by atoms with E-state index in [-0.39, 0.29) is 0 Å². The Morgan fingerprint density at radius 1 is 0.786 bits per heavy atom. The predicted octanol–water partition coefficient (Wildman–Crippen LogP) is 5.32. The number of rotatable bonds is 3. The van der Waals surface area contributed by atoms with E-state index in [1.54, 1.807) is 7.11 Å². The summed E-state index contributed by atoms with van der Waals surface area (Å²) in [7, 11) is 1.66. The minimum atomic E-state index is 0.786. The third kappa shape index (κ3) is 2.95. The summed E-state index contributed by atoms with van der Waals surface area (Å²) in [5, 5.41) is 0.996. The lowest BCUT2D eigenvalue weighted by Crippen LogP contribution is -1.91. The minimum absolute atomic E-state index is 0.786. The lowest BCUT2D eigenvalue weighted by Gasteiger charge is -2.07. The fourth-order valence-corrected chi connectivity index (χ4v) is 3.23. The molecule has 28 heavy (non-hydrogen) atoms. The number of pyridine rings is 1. The minimum Gasteiger partial charge on any atom is -0.497 e. The molecule has 0 fully saturated rings. The molecule has 1 radical (unpaired) electrons. The van der Waals surface area contributed by atoms with E-state index in [0.29, 0.717) is 0 Å². The van der Waals surface area contributed by atoms with Crippen LogP contribution in [0.25, 0.3) is 44.5 Å². The van der Waals surface area contributed by atoms with Gasteiger partial charge in [-0.25, -0.2) is 9.97 Å². The van der Waals surface area contributed by atoms with Crippen molar-refractivity contribution >= 4 is 21.9 Å². The highest BCUT2D eigenvalue weighted by atomic mass is 16.5. The van der Waals surface area contributed by atoms with Crippen LogP contribution in [0.2, 0.25) is 0 Å². The van der Waals surface area contributed by atoms with E-state index in [0.717, 1.165) is 50.2 Å². The normalized spacial score (nSPS) is 11.0. The van der Waals surface area contributed by atoms with Crippen LogP contribution in [0.4, 0.5) is 0 Å². The maximum absolute atomic E-state index is 5.27. The standard InChI is InChI=1S/C24H16N3O/c1-28-19-9-12-21-17(13-19)7-10-20(26-21)18-8-11-22-23(14-18)25-15-24(27-22)16-5-3-2-4-6-16/h2-9,11-15H,1H3. The van der Waals surface area contributed by atoms with Crippen molar-refractivity contribution in [1.82, 2.24) is 15.0 Å². The van der Waals surface area contributed by atoms with Gasteiger partial charge in [0.15, 0.2) is 0 Å². The molecule has 3 aromatic carbocycles. The Morgan fingerprint density at radius 3 is 2.50 bits per heavy atom. The maximum Gasteiger partial charge on any atom is 0.119 e. The van der Waals surface area contributed by atoms with E-state index in [4.69, 9.17) is 14.7 Å². The van der Waals surface area contributed by atoms with Crippen molar-refractivity contribution in [3.63, 3.8) is 0 Å². The molecule has 2 heterocycles. The highest BCUT2D eigenvalue weighted by Gasteiger charge is 2.07. The number of benzene rings is 3. The summed E-state index contributed by atoms with van der Waals surface area (Å²) in [6, 6.07) is 27.1. The molecule has 4 nitrogen and oxygen atoms in total. The van der Waals surface area contributed by atoms with Crippen molar-refractivity contribution in [3.05, 3.63) is 85.1 Å². The molecule has 0 N–H and O–H groups in total. The van der Waals surface area contributed by atoms with Crippen molar-refractivity contribution in [2.75, 3.05) is 7.11 Å². The topological polar surface area (TPSA) is 47.9 Å². The van der Waals surface area contributed by atoms with Crippen LogP contribution in [0.15, 0.2) is 79.0 Å². The number of hydrogen-bond donors (Lipinski definition) is 0. The van der Waals surface area contributed by atoms with Gasteiger partial charge in [-0.1, -0.05) is 36.4 Å². The van der Waals surface area contributed by atoms with Gasteiger partial charge in [0.05, 0.1) is 41.2 Å². The fraction of sp³-hybridized carbons (Fsp3) is 0.0417. The van der Waals surface area contributed by atoms with Crippen LogP contribution in [0.5, 0.6) is 5.75 Å². The Labute approximate surface area is 162 Å². The molecule has 0 bridgehead atoms. The zero-order valence-corrected chi connectivity index (χ0v) is 15.3. The van der Waals surface area contributed by atoms with Gasteiger partial charge >= 0.3 is 0 Å². The molecule has 0 aliphatic carbocycles. The molecule has 2 aromatic heterocycles. The van der Waals surface area contributed by atoms with E-state index in [1.165, 1.54) is 0 Å². The summed E-state index contributed by atoms with van der Waals surface area (Å²) in [5.41, 5.74) is 6.27. The second kappa shape index (κ2) is 6.74. The molecule has 0 saturated carbocycles. The molecule has 0 saturated heterocycles. The first-order valence-electron chi connectivity index (χ1n) is 8.99. The van der Waals surface area contributed by atoms with Gasteiger partial charge in [0.25, 0.3) is 0 Å². The molecule has 0 spiro atoms. The quantitative estimate of drug-likeness (QED) is 0.436. The van der Waals surface area contributed by atoms with Crippen LogP contribution in [0, 0.1) is 6.07 Å². The van der Waals surface area contributed by atoms with Crippen molar-refractivity contribution < 1.29 is 4.74 Å². The third-order valence-corrected chi connectivity index (χ3v) is 4.72. The Bertz CT molecular complexity index is 1300. The lowest BCUT2D eigenvalue weighted by atomic mass is 10.1. The summed E-state index contributed by atoms with van der Waals surface area (Å²) in [6.45, 7) is 0. The van der Waals surface area contributed by atoms with Gasteiger partial charge < -0.3 is 4.74 Å². The first-order chi connectivity index (χ1) is 13.8. The number of nitrogens with zero attached hydrogens (tertiary/aromatic N) is 3. The van der Waals surface area contributed by atoms with E-state index in [1.807, 2.05) is 79.0 Å². The zero-order valence-electron chi connectivity index (χ0n) is 15.3. The largest absolute Gasteiger partial charge is 0.497 e. The second-order valence-electron chi connectivity index (χ2n) is 6.50. The van der Waals surface area contributed by atoms with Crippen molar-refractivity contribution in [3.8, 4) is 28.3 Å². The first-order valence-corrected chi connectivity index (χ1v) is 8.99. The van der Waals surface area contributed by atoms with Crippen LogP contribution < -0.4 is 4.74 Å². The SMILES string of the molecule is COc1ccc2nc(-c3ccc4nc(-c5ccccc5)cnc4c3)[c]cc2c1. The Balaban J connectivity index is 1.55. The molecule has 0 atom stereocenters. The molecule has 0 aliphatic heterocycles. The molecular formula is C24H16N3O. The van der Waals surface area contributed by atoms with Gasteiger partial charge in [-0.05, 0) is 36.4 Å². The molecule has 133 valence electrons. The molecule has 4 heteroatoms. The Hall–Kier alpha value is -3.79. The highest BCUT2D eigenvalue weighted by molar-refractivity contribution is 5.85. The number of methoxy groups -OCH3 is 1. The van der Waals surface area contributed by atoms with Crippen LogP contribution >= 0.6 is 0 Å². The Kier molecular flexibility index (Phi) is 3.95. The summed E-state index contributed by atoms with van der Waals surface area (Å²) < 4.78 is 5.27. The highest BCUT2D eigenvalue weighted by Crippen LogP contribution is 2.26. The van der Waals surface area contributed by atoms with Crippen LogP contribution in [-0.4, -0.2) is 22.1 Å². The summed E-state index contributed by atoms with van der Waals surface area (Å²) in [5.74, 6) is 0.811. The number of aromatic nitrogens is 3. The average molecular weight is 362 g/mol. The smallest absolute Gasteiger partial charge is 0.119 e. The molecule has 0 aliphatic rings. The first kappa shape index (κ1) is 16.4. The Morgan fingerprint density at radius 2 is 1.64 bits per heavy atom. The van der Waals surface area contributed by atoms with Crippen molar-refractivity contribution in [2.24, 2.45) is 0 Å². The maximum atomic E-state index is 5.27. The van der Waals surface area contributed by atoms with Gasteiger partial charge in [0.2, 0.25) is 0 Å². The number of fused-ring (bicyclic) bond motifs is 2. The predicted molar refractivity (Wildman–Crippen MR) is 111 cm³/mol. The fourth-order valence-electron chi connectivity index (χ4n) is 3.23. The van der Waals surface area contributed by atoms with Crippen LogP contribution in [0.3, 0.4) is 0 Å². The molecular weight excluding hydrogens is 346 g/mol. The van der Waals surface area contributed by atoms with Gasteiger partial charge in [0, 0.05) is 22.6 Å². The van der Waals surface area contributed by atoms with E-state index < -0.39 is 0 Å². The van der Waals surface area contributed by atoms with Gasteiger partial charge in [-0.15, -0.1) is 0 Å². The molecule has 0 unspecified atom stereocenters. The molecule has 5 aromatic rings. The molecule has 5 rings (SSSR count). The van der Waals surface area contributed by atoms with E-state index >= 15 is 0 Å². The third-order valence-electron chi connectivity index (χ3n) is 4.72. The van der Waals surface area contributed by atoms with Gasteiger partial charge in [-0.3, -0.25) is 4.98 Å². The summed E-state index contributed by atoms with van der Waals surface area (Å²) >= 11 is 0. The van der Waals surface area contributed by atoms with Crippen molar-refractivity contribution in [2.45, 2.75) is 0 Å². The second-order valence-corrected chi connectivity index (χ2v) is 6.50. The van der Waals surface area contributed by atoms with Crippen molar-refractivity contribution in [1.29, 1.82) is 0 Å². The van der Waals surface area contributed by atoms with Crippen LogP contribution in [-0.2, 0) is 0 Å².